The molecule has 0 bridgehead atoms. The van der Waals surface area contributed by atoms with Crippen LogP contribution in [0.1, 0.15) is 12.5 Å². The molecule has 0 spiro atoms. The first-order valence-electron chi connectivity index (χ1n) is 7.88. The van der Waals surface area contributed by atoms with Gasteiger partial charge in [-0.15, -0.1) is 0 Å². The molecule has 0 fully saturated rings. The van der Waals surface area contributed by atoms with Gasteiger partial charge in [0.2, 0.25) is 0 Å². The molecule has 1 amide bonds. The molecule has 134 valence electrons. The van der Waals surface area contributed by atoms with Gasteiger partial charge in [-0.2, -0.15) is 13.2 Å². The highest BCUT2D eigenvalue weighted by Gasteiger charge is 2.31. The molecule has 2 aromatic heterocycles. The van der Waals surface area contributed by atoms with E-state index >= 15 is 0 Å². The zero-order chi connectivity index (χ0) is 18.6. The fraction of sp³-hybridized carbons (Fsp3) is 0.222. The number of nitrogens with zero attached hydrogens (tertiary/aromatic N) is 3. The fourth-order valence-corrected chi connectivity index (χ4v) is 2.97. The average molecular weight is 361 g/mol. The summed E-state index contributed by atoms with van der Waals surface area (Å²) in [6.07, 6.45) is -2.44. The Kier molecular flexibility index (Phi) is 3.47. The standard InChI is InChI=1S/C18H14F3N3O2/c1-10-17(25)23(2)14-7-11(3-5-15(14)26-10)13-9-24-8-12(18(19,20)21)4-6-16(24)22-13/h3-10H,1-2H3. The number of halogens is 3. The number of carbonyl (C=O) groups excluding carboxylic acids is 1. The number of hydrogen-bond donors (Lipinski definition) is 0. The van der Waals surface area contributed by atoms with Crippen molar-refractivity contribution in [2.75, 3.05) is 11.9 Å². The third-order valence-electron chi connectivity index (χ3n) is 4.38. The van der Waals surface area contributed by atoms with Crippen molar-refractivity contribution in [3.63, 3.8) is 0 Å². The Balaban J connectivity index is 1.78. The van der Waals surface area contributed by atoms with E-state index in [2.05, 4.69) is 4.98 Å². The number of amides is 1. The normalized spacial score (nSPS) is 17.3. The number of hydrogen-bond acceptors (Lipinski definition) is 3. The molecule has 0 radical (unpaired) electrons. The minimum atomic E-state index is -4.42. The summed E-state index contributed by atoms with van der Waals surface area (Å²) in [5.41, 5.74) is 1.44. The molecule has 0 saturated heterocycles. The van der Waals surface area contributed by atoms with E-state index in [0.29, 0.717) is 28.3 Å². The summed E-state index contributed by atoms with van der Waals surface area (Å²) in [4.78, 5) is 18.0. The van der Waals surface area contributed by atoms with Crippen molar-refractivity contribution in [1.82, 2.24) is 9.38 Å². The SMILES string of the molecule is CC1Oc2ccc(-c3cn4cc(C(F)(F)F)ccc4n3)cc2N(C)C1=O. The first-order chi connectivity index (χ1) is 12.2. The summed E-state index contributed by atoms with van der Waals surface area (Å²) in [7, 11) is 1.66. The van der Waals surface area contributed by atoms with Gasteiger partial charge in [0.05, 0.1) is 16.9 Å². The van der Waals surface area contributed by atoms with Crippen LogP contribution in [0.3, 0.4) is 0 Å². The van der Waals surface area contributed by atoms with Crippen LogP contribution in [0, 0.1) is 0 Å². The molecule has 8 heteroatoms. The summed E-state index contributed by atoms with van der Waals surface area (Å²) in [5, 5.41) is 0. The van der Waals surface area contributed by atoms with Crippen LogP contribution in [0.25, 0.3) is 16.9 Å². The molecule has 0 aliphatic carbocycles. The second-order valence-electron chi connectivity index (χ2n) is 6.15. The smallest absolute Gasteiger partial charge is 0.417 e. The number of rotatable bonds is 1. The summed E-state index contributed by atoms with van der Waals surface area (Å²) < 4.78 is 45.5. The lowest BCUT2D eigenvalue weighted by Gasteiger charge is -2.30. The van der Waals surface area contributed by atoms with Crippen LogP contribution in [0.4, 0.5) is 18.9 Å². The van der Waals surface area contributed by atoms with Crippen LogP contribution in [0.15, 0.2) is 42.7 Å². The number of benzene rings is 1. The van der Waals surface area contributed by atoms with E-state index in [1.54, 1.807) is 32.2 Å². The van der Waals surface area contributed by atoms with Gasteiger partial charge in [-0.25, -0.2) is 4.98 Å². The van der Waals surface area contributed by atoms with Crippen LogP contribution in [0.2, 0.25) is 0 Å². The lowest BCUT2D eigenvalue weighted by molar-refractivity contribution is -0.137. The number of likely N-dealkylation sites (N-methyl/N-ethyl adjacent to an activating group) is 1. The molecule has 1 aliphatic rings. The number of ether oxygens (including phenoxy) is 1. The number of alkyl halides is 3. The molecule has 1 atom stereocenters. The van der Waals surface area contributed by atoms with Gasteiger partial charge in [-0.05, 0) is 37.3 Å². The molecule has 1 aliphatic heterocycles. The van der Waals surface area contributed by atoms with Crippen molar-refractivity contribution >= 4 is 17.2 Å². The van der Waals surface area contributed by atoms with Crippen molar-refractivity contribution in [3.05, 3.63) is 48.3 Å². The number of anilines is 1. The second kappa shape index (κ2) is 5.48. The first-order valence-corrected chi connectivity index (χ1v) is 7.88. The molecule has 1 aromatic carbocycles. The molecular formula is C18H14F3N3O2. The highest BCUT2D eigenvalue weighted by atomic mass is 19.4. The third-order valence-corrected chi connectivity index (χ3v) is 4.38. The van der Waals surface area contributed by atoms with Crippen molar-refractivity contribution in [1.29, 1.82) is 0 Å². The van der Waals surface area contributed by atoms with E-state index in [-0.39, 0.29) is 5.91 Å². The molecule has 26 heavy (non-hydrogen) atoms. The maximum atomic E-state index is 12.9. The predicted octanol–water partition coefficient (Wildman–Crippen LogP) is 3.76. The van der Waals surface area contributed by atoms with E-state index in [0.717, 1.165) is 12.3 Å². The van der Waals surface area contributed by atoms with E-state index in [1.807, 2.05) is 0 Å². The Morgan fingerprint density at radius 1 is 1.15 bits per heavy atom. The summed E-state index contributed by atoms with van der Waals surface area (Å²) in [6, 6.07) is 7.56. The van der Waals surface area contributed by atoms with Crippen molar-refractivity contribution in [2.24, 2.45) is 0 Å². The van der Waals surface area contributed by atoms with Crippen LogP contribution in [0.5, 0.6) is 5.75 Å². The predicted molar refractivity (Wildman–Crippen MR) is 89.1 cm³/mol. The number of fused-ring (bicyclic) bond motifs is 2. The highest BCUT2D eigenvalue weighted by Crippen LogP contribution is 2.37. The minimum Gasteiger partial charge on any atom is -0.479 e. The fourth-order valence-electron chi connectivity index (χ4n) is 2.97. The minimum absolute atomic E-state index is 0.167. The van der Waals surface area contributed by atoms with Crippen LogP contribution < -0.4 is 9.64 Å². The number of carbonyl (C=O) groups is 1. The zero-order valence-corrected chi connectivity index (χ0v) is 13.9. The maximum absolute atomic E-state index is 12.9. The van der Waals surface area contributed by atoms with Gasteiger partial charge < -0.3 is 14.0 Å². The topological polar surface area (TPSA) is 46.8 Å². The molecule has 5 nitrogen and oxygen atoms in total. The molecule has 4 rings (SSSR count). The van der Waals surface area contributed by atoms with Gasteiger partial charge in [0.25, 0.3) is 5.91 Å². The Morgan fingerprint density at radius 3 is 2.65 bits per heavy atom. The third kappa shape index (κ3) is 2.58. The molecule has 1 unspecified atom stereocenters. The zero-order valence-electron chi connectivity index (χ0n) is 13.9. The molecule has 0 N–H and O–H groups in total. The van der Waals surface area contributed by atoms with Crippen molar-refractivity contribution in [3.8, 4) is 17.0 Å². The van der Waals surface area contributed by atoms with E-state index in [4.69, 9.17) is 4.74 Å². The monoisotopic (exact) mass is 361 g/mol. The van der Waals surface area contributed by atoms with Crippen molar-refractivity contribution in [2.45, 2.75) is 19.2 Å². The lowest BCUT2D eigenvalue weighted by Crippen LogP contribution is -2.41. The van der Waals surface area contributed by atoms with Gasteiger partial charge in [0, 0.05) is 25.0 Å². The Bertz CT molecular complexity index is 1030. The summed E-state index contributed by atoms with van der Waals surface area (Å²) >= 11 is 0. The molecule has 0 saturated carbocycles. The number of aromatic nitrogens is 2. The average Bonchev–Trinajstić information content (AvgIpc) is 3.02. The van der Waals surface area contributed by atoms with Gasteiger partial charge in [0.1, 0.15) is 11.4 Å². The number of pyridine rings is 1. The van der Waals surface area contributed by atoms with Gasteiger partial charge in [-0.3, -0.25) is 4.79 Å². The lowest BCUT2D eigenvalue weighted by atomic mass is 10.1. The van der Waals surface area contributed by atoms with Crippen molar-refractivity contribution < 1.29 is 22.7 Å². The quantitative estimate of drug-likeness (QED) is 0.663. The molecular weight excluding hydrogens is 347 g/mol. The summed E-state index contributed by atoms with van der Waals surface area (Å²) in [6.45, 7) is 1.68. The van der Waals surface area contributed by atoms with Crippen LogP contribution in [-0.4, -0.2) is 28.4 Å². The first kappa shape index (κ1) is 16.4. The highest BCUT2D eigenvalue weighted by molar-refractivity contribution is 6.00. The van der Waals surface area contributed by atoms with E-state index in [9.17, 15) is 18.0 Å². The van der Waals surface area contributed by atoms with Gasteiger partial charge >= 0.3 is 6.18 Å². The Labute approximate surface area is 146 Å². The molecule has 3 aromatic rings. The number of imidazole rings is 1. The molecule has 3 heterocycles. The largest absolute Gasteiger partial charge is 0.479 e. The van der Waals surface area contributed by atoms with E-state index in [1.165, 1.54) is 21.6 Å². The van der Waals surface area contributed by atoms with Crippen LogP contribution >= 0.6 is 0 Å². The Morgan fingerprint density at radius 2 is 1.92 bits per heavy atom. The van der Waals surface area contributed by atoms with E-state index < -0.39 is 17.8 Å². The second-order valence-corrected chi connectivity index (χ2v) is 6.15. The van der Waals surface area contributed by atoms with Gasteiger partial charge in [-0.1, -0.05) is 0 Å². The maximum Gasteiger partial charge on any atom is 0.417 e. The summed E-state index contributed by atoms with van der Waals surface area (Å²) in [5.74, 6) is 0.408. The van der Waals surface area contributed by atoms with Crippen LogP contribution in [-0.2, 0) is 11.0 Å². The Hall–Kier alpha value is -3.03. The van der Waals surface area contributed by atoms with Gasteiger partial charge in [0.15, 0.2) is 6.10 Å².